The fraction of sp³-hybridized carbons (Fsp3) is 0.875. The molecule has 7 heteroatoms. The molecule has 0 saturated carbocycles. The molecule has 0 aliphatic heterocycles. The third-order valence-electron chi connectivity index (χ3n) is 1.72. The summed E-state index contributed by atoms with van der Waals surface area (Å²) >= 11 is 0. The van der Waals surface area contributed by atoms with E-state index in [-0.39, 0.29) is 32.0 Å². The standard InChI is InChI=1S/C8H17N3O4/c1-10(15-2)8(13)4-3-5-9-11(14)6-7-12/h12H,3-7H2,1-2H3. The average Bonchev–Trinajstić information content (AvgIpc) is 2.23. The van der Waals surface area contributed by atoms with Gasteiger partial charge in [0.15, 0.2) is 0 Å². The number of hydrogen-bond donors (Lipinski definition) is 1. The molecule has 0 rings (SSSR count). The Morgan fingerprint density at radius 3 is 2.87 bits per heavy atom. The SMILES string of the molecule is CON(C)C(=O)CCCN=[N+]([O-])CCO. The maximum atomic E-state index is 11.2. The van der Waals surface area contributed by atoms with Crippen LogP contribution in [0.5, 0.6) is 0 Å². The molecule has 1 amide bonds. The molecule has 0 saturated heterocycles. The number of carbonyl (C=O) groups is 1. The predicted octanol–water partition coefficient (Wildman–Crippen LogP) is -0.259. The molecule has 0 aliphatic rings. The van der Waals surface area contributed by atoms with Crippen LogP contribution < -0.4 is 0 Å². The molecule has 0 radical (unpaired) electrons. The van der Waals surface area contributed by atoms with Crippen molar-refractivity contribution in [3.8, 4) is 0 Å². The third kappa shape index (κ3) is 6.81. The van der Waals surface area contributed by atoms with Crippen molar-refractivity contribution in [2.45, 2.75) is 12.8 Å². The molecule has 0 unspecified atom stereocenters. The van der Waals surface area contributed by atoms with Crippen molar-refractivity contribution in [3.63, 3.8) is 0 Å². The van der Waals surface area contributed by atoms with Crippen LogP contribution in [-0.4, -0.2) is 54.8 Å². The monoisotopic (exact) mass is 219 g/mol. The van der Waals surface area contributed by atoms with Crippen LogP contribution in [0, 0.1) is 5.21 Å². The largest absolute Gasteiger partial charge is 0.600 e. The molecule has 0 bridgehead atoms. The molecule has 0 fully saturated rings. The molecule has 88 valence electrons. The molecule has 0 aromatic rings. The van der Waals surface area contributed by atoms with Crippen LogP contribution in [0.15, 0.2) is 5.11 Å². The van der Waals surface area contributed by atoms with Gasteiger partial charge in [0, 0.05) is 13.5 Å². The van der Waals surface area contributed by atoms with Gasteiger partial charge in [0.25, 0.3) is 0 Å². The van der Waals surface area contributed by atoms with Crippen LogP contribution >= 0.6 is 0 Å². The first-order valence-corrected chi connectivity index (χ1v) is 4.65. The minimum Gasteiger partial charge on any atom is -0.600 e. The van der Waals surface area contributed by atoms with Crippen molar-refractivity contribution >= 4 is 5.91 Å². The lowest BCUT2D eigenvalue weighted by Gasteiger charge is -2.12. The number of azo groups is 1. The van der Waals surface area contributed by atoms with Crippen molar-refractivity contribution in [1.29, 1.82) is 0 Å². The fourth-order valence-corrected chi connectivity index (χ4v) is 0.828. The van der Waals surface area contributed by atoms with Crippen molar-refractivity contribution in [2.75, 3.05) is 33.9 Å². The first-order valence-electron chi connectivity index (χ1n) is 4.65. The second kappa shape index (κ2) is 8.13. The van der Waals surface area contributed by atoms with E-state index < -0.39 is 0 Å². The van der Waals surface area contributed by atoms with Crippen LogP contribution in [0.4, 0.5) is 0 Å². The molecule has 0 aromatic heterocycles. The van der Waals surface area contributed by atoms with Gasteiger partial charge in [-0.3, -0.25) is 9.63 Å². The van der Waals surface area contributed by atoms with Gasteiger partial charge in [-0.1, -0.05) is 4.86 Å². The Morgan fingerprint density at radius 2 is 2.33 bits per heavy atom. The first-order chi connectivity index (χ1) is 7.11. The van der Waals surface area contributed by atoms with Gasteiger partial charge in [0.2, 0.25) is 12.5 Å². The van der Waals surface area contributed by atoms with Crippen LogP contribution in [-0.2, 0) is 9.63 Å². The van der Waals surface area contributed by atoms with Crippen LogP contribution in [0.25, 0.3) is 0 Å². The van der Waals surface area contributed by atoms with E-state index in [2.05, 4.69) is 9.95 Å². The van der Waals surface area contributed by atoms with Crippen LogP contribution in [0.3, 0.4) is 0 Å². The minimum absolute atomic E-state index is 0.0358. The van der Waals surface area contributed by atoms with E-state index in [0.29, 0.717) is 11.3 Å². The second-order valence-corrected chi connectivity index (χ2v) is 2.84. The molecule has 0 aliphatic carbocycles. The molecule has 7 nitrogen and oxygen atoms in total. The number of amides is 1. The summed E-state index contributed by atoms with van der Waals surface area (Å²) in [6.07, 6.45) is 0.761. The maximum Gasteiger partial charge on any atom is 0.245 e. The summed E-state index contributed by atoms with van der Waals surface area (Å²) < 4.78 is 0. The quantitative estimate of drug-likeness (QED) is 0.276. The number of hydrogen-bond acceptors (Lipinski definition) is 5. The number of aliphatic hydroxyl groups is 1. The van der Waals surface area contributed by atoms with Gasteiger partial charge in [-0.15, -0.1) is 0 Å². The van der Waals surface area contributed by atoms with E-state index in [0.717, 1.165) is 5.06 Å². The highest BCUT2D eigenvalue weighted by Crippen LogP contribution is 1.96. The maximum absolute atomic E-state index is 11.2. The minimum atomic E-state index is -0.224. The number of aliphatic hydroxyl groups excluding tert-OH is 1. The van der Waals surface area contributed by atoms with E-state index >= 15 is 0 Å². The Kier molecular flexibility index (Phi) is 7.47. The molecular weight excluding hydrogens is 202 g/mol. The summed E-state index contributed by atoms with van der Waals surface area (Å²) in [4.78, 5) is 16.3. The van der Waals surface area contributed by atoms with Gasteiger partial charge in [-0.2, -0.15) is 0 Å². The molecule has 0 spiro atoms. The second-order valence-electron chi connectivity index (χ2n) is 2.84. The van der Waals surface area contributed by atoms with E-state index in [1.807, 2.05) is 0 Å². The fourth-order valence-electron chi connectivity index (χ4n) is 0.828. The third-order valence-corrected chi connectivity index (χ3v) is 1.72. The summed E-state index contributed by atoms with van der Waals surface area (Å²) in [5.74, 6) is -0.160. The normalized spacial score (nSPS) is 11.5. The summed E-state index contributed by atoms with van der Waals surface area (Å²) in [7, 11) is 2.92. The van der Waals surface area contributed by atoms with Gasteiger partial charge in [0.1, 0.15) is 13.2 Å². The number of rotatable bonds is 7. The summed E-state index contributed by atoms with van der Waals surface area (Å²) in [5.41, 5.74) is 0. The topological polar surface area (TPSA) is 88.2 Å². The van der Waals surface area contributed by atoms with Crippen molar-refractivity contribution in [3.05, 3.63) is 5.21 Å². The Hall–Kier alpha value is -1.21. The Morgan fingerprint density at radius 1 is 1.67 bits per heavy atom. The smallest absolute Gasteiger partial charge is 0.245 e. The molecule has 1 N–H and O–H groups in total. The predicted molar refractivity (Wildman–Crippen MR) is 51.9 cm³/mol. The zero-order valence-corrected chi connectivity index (χ0v) is 9.05. The number of hydroxylamine groups is 3. The highest BCUT2D eigenvalue weighted by Gasteiger charge is 2.06. The van der Waals surface area contributed by atoms with E-state index in [1.54, 1.807) is 0 Å². The van der Waals surface area contributed by atoms with Gasteiger partial charge >= 0.3 is 0 Å². The van der Waals surface area contributed by atoms with E-state index in [4.69, 9.17) is 5.11 Å². The highest BCUT2D eigenvalue weighted by atomic mass is 16.7. The first kappa shape index (κ1) is 13.8. The lowest BCUT2D eigenvalue weighted by atomic mass is 10.3. The van der Waals surface area contributed by atoms with E-state index in [9.17, 15) is 10.0 Å². The van der Waals surface area contributed by atoms with Gasteiger partial charge < -0.3 is 10.3 Å². The molecule has 0 atom stereocenters. The molecular formula is C8H17N3O4. The lowest BCUT2D eigenvalue weighted by Crippen LogP contribution is -2.25. The molecule has 0 heterocycles. The average molecular weight is 219 g/mol. The zero-order valence-electron chi connectivity index (χ0n) is 9.05. The van der Waals surface area contributed by atoms with E-state index in [1.165, 1.54) is 14.2 Å². The summed E-state index contributed by atoms with van der Waals surface area (Å²) in [6, 6.07) is 0. The Bertz CT molecular complexity index is 220. The number of carbonyl (C=O) groups excluding carboxylic acids is 1. The Labute approximate surface area is 88.5 Å². The van der Waals surface area contributed by atoms with Crippen molar-refractivity contribution in [1.82, 2.24) is 5.06 Å². The van der Waals surface area contributed by atoms with Gasteiger partial charge in [-0.25, -0.2) is 5.06 Å². The van der Waals surface area contributed by atoms with Gasteiger partial charge in [0.05, 0.1) is 7.11 Å². The lowest BCUT2D eigenvalue weighted by molar-refractivity contribution is -0.532. The summed E-state index contributed by atoms with van der Waals surface area (Å²) in [6.45, 7) is 0.0110. The zero-order chi connectivity index (χ0) is 11.7. The number of nitrogens with zero attached hydrogens (tertiary/aromatic N) is 3. The van der Waals surface area contributed by atoms with Crippen LogP contribution in [0.2, 0.25) is 0 Å². The Balaban J connectivity index is 3.62. The highest BCUT2D eigenvalue weighted by molar-refractivity contribution is 5.74. The van der Waals surface area contributed by atoms with Crippen molar-refractivity contribution in [2.24, 2.45) is 5.11 Å². The molecule has 15 heavy (non-hydrogen) atoms. The van der Waals surface area contributed by atoms with Gasteiger partial charge in [-0.05, 0) is 11.5 Å². The van der Waals surface area contributed by atoms with Crippen molar-refractivity contribution < 1.29 is 19.6 Å². The van der Waals surface area contributed by atoms with Crippen LogP contribution in [0.1, 0.15) is 12.8 Å². The molecule has 0 aromatic carbocycles. The summed E-state index contributed by atoms with van der Waals surface area (Å²) in [5, 5.41) is 23.9.